The van der Waals surface area contributed by atoms with Crippen molar-refractivity contribution in [3.8, 4) is 0 Å². The third-order valence-corrected chi connectivity index (χ3v) is 5.06. The first-order valence-corrected chi connectivity index (χ1v) is 8.65. The minimum atomic E-state index is -0.354. The molecule has 126 valence electrons. The fourth-order valence-corrected chi connectivity index (χ4v) is 3.79. The number of amides is 1. The van der Waals surface area contributed by atoms with Gasteiger partial charge in [0.25, 0.3) is 0 Å². The molecular weight excluding hydrogens is 328 g/mol. The number of thioether (sulfide) groups is 1. The summed E-state index contributed by atoms with van der Waals surface area (Å²) < 4.78 is 6.42. The van der Waals surface area contributed by atoms with Crippen LogP contribution in [-0.2, 0) is 16.1 Å². The van der Waals surface area contributed by atoms with Crippen LogP contribution in [0.5, 0.6) is 0 Å². The summed E-state index contributed by atoms with van der Waals surface area (Å²) in [4.78, 5) is 25.1. The quantitative estimate of drug-likeness (QED) is 0.767. The molecule has 1 aliphatic heterocycles. The zero-order valence-corrected chi connectivity index (χ0v) is 14.3. The number of methoxy groups -OCH3 is 1. The average Bonchev–Trinajstić information content (AvgIpc) is 3.20. The molecule has 0 aliphatic carbocycles. The van der Waals surface area contributed by atoms with E-state index in [4.69, 9.17) is 0 Å². The van der Waals surface area contributed by atoms with Gasteiger partial charge in [-0.15, -0.1) is 16.9 Å². The molecule has 1 aromatic heterocycles. The fraction of sp³-hybridized carbons (Fsp3) is 0.375. The number of rotatable bonds is 5. The van der Waals surface area contributed by atoms with Crippen molar-refractivity contribution in [3.63, 3.8) is 0 Å². The molecule has 1 fully saturated rings. The molecule has 7 nitrogen and oxygen atoms in total. The molecule has 0 saturated carbocycles. The van der Waals surface area contributed by atoms with Crippen molar-refractivity contribution in [1.82, 2.24) is 19.9 Å². The maximum atomic E-state index is 11.8. The Morgan fingerprint density at radius 3 is 2.79 bits per heavy atom. The van der Waals surface area contributed by atoms with Crippen LogP contribution in [0.4, 0.5) is 0 Å². The first-order valence-electron chi connectivity index (χ1n) is 7.60. The minimum Gasteiger partial charge on any atom is -0.465 e. The highest BCUT2D eigenvalue weighted by Gasteiger charge is 2.33. The maximum Gasteiger partial charge on any atom is 0.337 e. The minimum absolute atomic E-state index is 0.0575. The molecule has 1 aliphatic rings. The molecule has 1 atom stereocenters. The smallest absolute Gasteiger partial charge is 0.337 e. The number of hydrogen-bond donors (Lipinski definition) is 0. The van der Waals surface area contributed by atoms with Crippen LogP contribution in [-0.4, -0.2) is 51.2 Å². The highest BCUT2D eigenvalue weighted by molar-refractivity contribution is 8.00. The van der Waals surface area contributed by atoms with Crippen molar-refractivity contribution in [3.05, 3.63) is 47.3 Å². The van der Waals surface area contributed by atoms with Crippen molar-refractivity contribution in [2.75, 3.05) is 19.4 Å². The molecule has 2 heterocycles. The van der Waals surface area contributed by atoms with E-state index >= 15 is 0 Å². The van der Waals surface area contributed by atoms with Crippen LogP contribution in [0.15, 0.2) is 30.5 Å². The van der Waals surface area contributed by atoms with E-state index in [9.17, 15) is 9.59 Å². The van der Waals surface area contributed by atoms with Gasteiger partial charge in [-0.2, -0.15) is 0 Å². The number of carbonyl (C=O) groups is 2. The second-order valence-corrected chi connectivity index (χ2v) is 6.44. The van der Waals surface area contributed by atoms with Crippen LogP contribution in [0.2, 0.25) is 0 Å². The topological polar surface area (TPSA) is 77.3 Å². The Morgan fingerprint density at radius 2 is 2.12 bits per heavy atom. The number of benzene rings is 1. The number of nitrogens with zero attached hydrogens (tertiary/aromatic N) is 4. The Balaban J connectivity index is 1.70. The van der Waals surface area contributed by atoms with Crippen molar-refractivity contribution >= 4 is 23.6 Å². The Labute approximate surface area is 144 Å². The second-order valence-electron chi connectivity index (χ2n) is 5.37. The largest absolute Gasteiger partial charge is 0.465 e. The van der Waals surface area contributed by atoms with E-state index in [1.165, 1.54) is 7.11 Å². The van der Waals surface area contributed by atoms with Crippen molar-refractivity contribution < 1.29 is 14.3 Å². The standard InChI is InChI=1S/C16H18N4O3S/c1-3-20-14(21)10-24-15(20)13-9-19(18-17-13)8-11-4-6-12(7-5-11)16(22)23-2/h4-7,9,15H,3,8,10H2,1-2H3. The predicted molar refractivity (Wildman–Crippen MR) is 89.5 cm³/mol. The number of aromatic nitrogens is 3. The van der Waals surface area contributed by atoms with Crippen LogP contribution < -0.4 is 0 Å². The van der Waals surface area contributed by atoms with Gasteiger partial charge in [0, 0.05) is 6.54 Å². The van der Waals surface area contributed by atoms with E-state index in [1.807, 2.05) is 30.2 Å². The number of ether oxygens (including phenoxy) is 1. The molecule has 2 aromatic rings. The summed E-state index contributed by atoms with van der Waals surface area (Å²) in [5.74, 6) is 0.271. The van der Waals surface area contributed by atoms with Gasteiger partial charge in [-0.3, -0.25) is 4.79 Å². The lowest BCUT2D eigenvalue weighted by Gasteiger charge is -2.19. The first-order chi connectivity index (χ1) is 11.6. The lowest BCUT2D eigenvalue weighted by Crippen LogP contribution is -2.27. The second kappa shape index (κ2) is 7.04. The Morgan fingerprint density at radius 1 is 1.38 bits per heavy atom. The van der Waals surface area contributed by atoms with Crippen LogP contribution >= 0.6 is 11.8 Å². The molecule has 0 bridgehead atoms. The summed E-state index contributed by atoms with van der Waals surface area (Å²) in [6, 6.07) is 7.17. The maximum absolute atomic E-state index is 11.8. The van der Waals surface area contributed by atoms with Gasteiger partial charge in [0.15, 0.2) is 0 Å². The molecule has 8 heteroatoms. The Kier molecular flexibility index (Phi) is 4.84. The van der Waals surface area contributed by atoms with E-state index in [2.05, 4.69) is 15.0 Å². The fourth-order valence-electron chi connectivity index (χ4n) is 2.60. The van der Waals surface area contributed by atoms with Gasteiger partial charge in [0.1, 0.15) is 11.1 Å². The number of hydrogen-bond acceptors (Lipinski definition) is 6. The summed E-state index contributed by atoms with van der Waals surface area (Å²) in [5.41, 5.74) is 2.31. The van der Waals surface area contributed by atoms with E-state index in [0.29, 0.717) is 24.4 Å². The van der Waals surface area contributed by atoms with Crippen molar-refractivity contribution in [2.24, 2.45) is 0 Å². The summed E-state index contributed by atoms with van der Waals surface area (Å²) in [6.07, 6.45) is 1.87. The lowest BCUT2D eigenvalue weighted by molar-refractivity contribution is -0.127. The van der Waals surface area contributed by atoms with Crippen molar-refractivity contribution in [2.45, 2.75) is 18.8 Å². The summed E-state index contributed by atoms with van der Waals surface area (Å²) >= 11 is 1.57. The molecule has 1 aromatic carbocycles. The third kappa shape index (κ3) is 3.28. The SMILES string of the molecule is CCN1C(=O)CSC1c1cn(Cc2ccc(C(=O)OC)cc2)nn1. The summed E-state index contributed by atoms with van der Waals surface area (Å²) in [6.45, 7) is 3.17. The normalized spacial score (nSPS) is 17.3. The van der Waals surface area contributed by atoms with Crippen LogP contribution in [0, 0.1) is 0 Å². The first kappa shape index (κ1) is 16.5. The Bertz CT molecular complexity index is 744. The van der Waals surface area contributed by atoms with E-state index in [1.54, 1.807) is 28.6 Å². The lowest BCUT2D eigenvalue weighted by atomic mass is 10.1. The van der Waals surface area contributed by atoms with Crippen LogP contribution in [0.25, 0.3) is 0 Å². The molecule has 0 spiro atoms. The monoisotopic (exact) mass is 346 g/mol. The van der Waals surface area contributed by atoms with Gasteiger partial charge < -0.3 is 9.64 Å². The molecule has 1 unspecified atom stereocenters. The molecule has 0 N–H and O–H groups in total. The number of esters is 1. The zero-order chi connectivity index (χ0) is 17.1. The average molecular weight is 346 g/mol. The number of carbonyl (C=O) groups excluding carboxylic acids is 2. The molecule has 1 amide bonds. The van der Waals surface area contributed by atoms with Gasteiger partial charge in [-0.25, -0.2) is 9.48 Å². The molecule has 3 rings (SSSR count). The molecule has 0 radical (unpaired) electrons. The molecule has 24 heavy (non-hydrogen) atoms. The van der Waals surface area contributed by atoms with Crippen LogP contribution in [0.3, 0.4) is 0 Å². The molecule has 1 saturated heterocycles. The van der Waals surface area contributed by atoms with Gasteiger partial charge >= 0.3 is 5.97 Å². The highest BCUT2D eigenvalue weighted by atomic mass is 32.2. The van der Waals surface area contributed by atoms with Gasteiger partial charge in [0.2, 0.25) is 5.91 Å². The summed E-state index contributed by atoms with van der Waals surface area (Å²) in [7, 11) is 1.36. The van der Waals surface area contributed by atoms with Crippen LogP contribution in [0.1, 0.15) is 33.9 Å². The van der Waals surface area contributed by atoms with E-state index in [0.717, 1.165) is 11.3 Å². The van der Waals surface area contributed by atoms with Crippen molar-refractivity contribution in [1.29, 1.82) is 0 Å². The van der Waals surface area contributed by atoms with Gasteiger partial charge in [0.05, 0.1) is 31.2 Å². The predicted octanol–water partition coefficient (Wildman–Crippen LogP) is 1.71. The zero-order valence-electron chi connectivity index (χ0n) is 13.5. The third-order valence-electron chi connectivity index (χ3n) is 3.84. The van der Waals surface area contributed by atoms with E-state index < -0.39 is 0 Å². The highest BCUT2D eigenvalue weighted by Crippen LogP contribution is 2.37. The van der Waals surface area contributed by atoms with Gasteiger partial charge in [-0.05, 0) is 24.6 Å². The van der Waals surface area contributed by atoms with Gasteiger partial charge in [-0.1, -0.05) is 17.3 Å². The summed E-state index contributed by atoms with van der Waals surface area (Å²) in [5, 5.41) is 8.30. The molecular formula is C16H18N4O3S. The Hall–Kier alpha value is -2.35. The van der Waals surface area contributed by atoms with E-state index in [-0.39, 0.29) is 17.3 Å².